The molecule has 1 aromatic carbocycles. The molecule has 0 atom stereocenters. The molecule has 0 aliphatic carbocycles. The Morgan fingerprint density at radius 3 is 2.62 bits per heavy atom. The Balaban J connectivity index is 2.54. The number of aryl methyl sites for hydroxylation is 2. The molecule has 16 heavy (non-hydrogen) atoms. The lowest BCUT2D eigenvalue weighted by Crippen LogP contribution is -2.17. The SMILES string of the molecule is C=CCOC(=O)CNc1c(C)cccc1C. The zero-order valence-corrected chi connectivity index (χ0v) is 9.75. The minimum atomic E-state index is -0.275. The van der Waals surface area contributed by atoms with E-state index in [1.807, 2.05) is 32.0 Å². The van der Waals surface area contributed by atoms with Gasteiger partial charge in [0.15, 0.2) is 0 Å². The van der Waals surface area contributed by atoms with Crippen molar-refractivity contribution in [1.29, 1.82) is 0 Å². The highest BCUT2D eigenvalue weighted by atomic mass is 16.5. The highest BCUT2D eigenvalue weighted by Gasteiger charge is 2.05. The minimum absolute atomic E-state index is 0.180. The maximum atomic E-state index is 11.3. The van der Waals surface area contributed by atoms with Gasteiger partial charge in [-0.2, -0.15) is 0 Å². The number of nitrogens with one attached hydrogen (secondary N) is 1. The number of rotatable bonds is 5. The van der Waals surface area contributed by atoms with Crippen molar-refractivity contribution in [2.75, 3.05) is 18.5 Å². The van der Waals surface area contributed by atoms with Crippen LogP contribution < -0.4 is 5.32 Å². The molecular formula is C13H17NO2. The molecule has 0 heterocycles. The first-order valence-corrected chi connectivity index (χ1v) is 5.21. The molecule has 1 aromatic rings. The van der Waals surface area contributed by atoms with Crippen molar-refractivity contribution in [1.82, 2.24) is 0 Å². The van der Waals surface area contributed by atoms with Crippen LogP contribution in [-0.2, 0) is 9.53 Å². The first kappa shape index (κ1) is 12.3. The second-order valence-corrected chi connectivity index (χ2v) is 3.59. The predicted octanol–water partition coefficient (Wildman–Crippen LogP) is 2.44. The lowest BCUT2D eigenvalue weighted by atomic mass is 10.1. The summed E-state index contributed by atoms with van der Waals surface area (Å²) in [5, 5.41) is 3.08. The van der Waals surface area contributed by atoms with E-state index in [4.69, 9.17) is 4.74 Å². The molecule has 0 saturated carbocycles. The number of carbonyl (C=O) groups excluding carboxylic acids is 1. The monoisotopic (exact) mass is 219 g/mol. The molecule has 1 N–H and O–H groups in total. The number of esters is 1. The largest absolute Gasteiger partial charge is 0.460 e. The zero-order chi connectivity index (χ0) is 12.0. The van der Waals surface area contributed by atoms with Gasteiger partial charge in [0, 0.05) is 5.69 Å². The van der Waals surface area contributed by atoms with Crippen LogP contribution in [0.2, 0.25) is 0 Å². The molecule has 3 nitrogen and oxygen atoms in total. The number of anilines is 1. The zero-order valence-electron chi connectivity index (χ0n) is 9.75. The van der Waals surface area contributed by atoms with Crippen molar-refractivity contribution in [3.05, 3.63) is 42.0 Å². The van der Waals surface area contributed by atoms with Gasteiger partial charge in [0.25, 0.3) is 0 Å². The Morgan fingerprint density at radius 1 is 1.44 bits per heavy atom. The molecule has 0 aromatic heterocycles. The van der Waals surface area contributed by atoms with E-state index in [1.54, 1.807) is 6.08 Å². The van der Waals surface area contributed by atoms with E-state index < -0.39 is 0 Å². The Kier molecular flexibility index (Phi) is 4.58. The van der Waals surface area contributed by atoms with E-state index in [1.165, 1.54) is 0 Å². The first-order chi connectivity index (χ1) is 7.65. The van der Waals surface area contributed by atoms with Crippen LogP contribution in [0.3, 0.4) is 0 Å². The van der Waals surface area contributed by atoms with Crippen LogP contribution in [0.5, 0.6) is 0 Å². The van der Waals surface area contributed by atoms with Crippen LogP contribution in [0.15, 0.2) is 30.9 Å². The Bertz CT molecular complexity index is 365. The molecule has 0 amide bonds. The molecule has 0 saturated heterocycles. The molecule has 0 aliphatic heterocycles. The molecule has 0 aliphatic rings. The Morgan fingerprint density at radius 2 is 2.06 bits per heavy atom. The fourth-order valence-electron chi connectivity index (χ4n) is 1.46. The van der Waals surface area contributed by atoms with Crippen molar-refractivity contribution in [3.8, 4) is 0 Å². The van der Waals surface area contributed by atoms with E-state index in [0.717, 1.165) is 16.8 Å². The van der Waals surface area contributed by atoms with Gasteiger partial charge in [-0.15, -0.1) is 0 Å². The number of para-hydroxylation sites is 1. The number of ether oxygens (including phenoxy) is 1. The average molecular weight is 219 g/mol. The van der Waals surface area contributed by atoms with Gasteiger partial charge in [0.1, 0.15) is 13.2 Å². The third-order valence-electron chi connectivity index (χ3n) is 2.25. The van der Waals surface area contributed by atoms with Crippen molar-refractivity contribution in [2.24, 2.45) is 0 Å². The van der Waals surface area contributed by atoms with Crippen molar-refractivity contribution < 1.29 is 9.53 Å². The second-order valence-electron chi connectivity index (χ2n) is 3.59. The van der Waals surface area contributed by atoms with Crippen molar-refractivity contribution in [2.45, 2.75) is 13.8 Å². The summed E-state index contributed by atoms with van der Waals surface area (Å²) in [7, 11) is 0. The maximum absolute atomic E-state index is 11.3. The van der Waals surface area contributed by atoms with Crippen LogP contribution >= 0.6 is 0 Å². The first-order valence-electron chi connectivity index (χ1n) is 5.21. The summed E-state index contributed by atoms with van der Waals surface area (Å²) in [6.45, 7) is 7.93. The predicted molar refractivity (Wildman–Crippen MR) is 65.6 cm³/mol. The van der Waals surface area contributed by atoms with Crippen LogP contribution in [0, 0.1) is 13.8 Å². The number of hydrogen-bond donors (Lipinski definition) is 1. The summed E-state index contributed by atoms with van der Waals surface area (Å²) >= 11 is 0. The highest BCUT2D eigenvalue weighted by molar-refractivity contribution is 5.76. The van der Waals surface area contributed by atoms with E-state index >= 15 is 0 Å². The molecule has 0 spiro atoms. The Labute approximate surface area is 96.1 Å². The smallest absolute Gasteiger partial charge is 0.325 e. The minimum Gasteiger partial charge on any atom is -0.460 e. The van der Waals surface area contributed by atoms with Crippen molar-refractivity contribution >= 4 is 11.7 Å². The van der Waals surface area contributed by atoms with Crippen molar-refractivity contribution in [3.63, 3.8) is 0 Å². The second kappa shape index (κ2) is 5.95. The van der Waals surface area contributed by atoms with Crippen LogP contribution in [0.4, 0.5) is 5.69 Å². The molecule has 0 unspecified atom stereocenters. The van der Waals surface area contributed by atoms with Crippen LogP contribution in [-0.4, -0.2) is 19.1 Å². The topological polar surface area (TPSA) is 38.3 Å². The summed E-state index contributed by atoms with van der Waals surface area (Å²) in [4.78, 5) is 11.3. The molecule has 0 radical (unpaired) electrons. The standard InChI is InChI=1S/C13H17NO2/c1-4-8-16-12(15)9-14-13-10(2)6-5-7-11(13)3/h4-7,14H,1,8-9H2,2-3H3. The molecule has 3 heteroatoms. The molecule has 0 fully saturated rings. The van der Waals surface area contributed by atoms with E-state index in [0.29, 0.717) is 0 Å². The third kappa shape index (κ3) is 3.42. The normalized spacial score (nSPS) is 9.62. The van der Waals surface area contributed by atoms with Gasteiger partial charge in [-0.1, -0.05) is 30.9 Å². The molecule has 86 valence electrons. The van der Waals surface area contributed by atoms with Crippen LogP contribution in [0.1, 0.15) is 11.1 Å². The number of benzene rings is 1. The van der Waals surface area contributed by atoms with Gasteiger partial charge in [-0.3, -0.25) is 4.79 Å². The summed E-state index contributed by atoms with van der Waals surface area (Å²) in [6, 6.07) is 6.00. The summed E-state index contributed by atoms with van der Waals surface area (Å²) in [6.07, 6.45) is 1.55. The van der Waals surface area contributed by atoms with Gasteiger partial charge in [0.2, 0.25) is 0 Å². The van der Waals surface area contributed by atoms with Gasteiger partial charge >= 0.3 is 5.97 Å². The van der Waals surface area contributed by atoms with E-state index in [-0.39, 0.29) is 19.1 Å². The molecule has 1 rings (SSSR count). The fraction of sp³-hybridized carbons (Fsp3) is 0.308. The number of carbonyl (C=O) groups is 1. The quantitative estimate of drug-likeness (QED) is 0.610. The van der Waals surface area contributed by atoms with Gasteiger partial charge < -0.3 is 10.1 Å². The maximum Gasteiger partial charge on any atom is 0.325 e. The third-order valence-corrected chi connectivity index (χ3v) is 2.25. The Hall–Kier alpha value is -1.77. The average Bonchev–Trinajstić information content (AvgIpc) is 2.25. The fourth-order valence-corrected chi connectivity index (χ4v) is 1.46. The van der Waals surface area contributed by atoms with E-state index in [9.17, 15) is 4.79 Å². The van der Waals surface area contributed by atoms with Crippen LogP contribution in [0.25, 0.3) is 0 Å². The summed E-state index contributed by atoms with van der Waals surface area (Å²) in [5.74, 6) is -0.275. The summed E-state index contributed by atoms with van der Waals surface area (Å²) < 4.78 is 4.87. The molecule has 0 bridgehead atoms. The lowest BCUT2D eigenvalue weighted by Gasteiger charge is -2.11. The van der Waals surface area contributed by atoms with Gasteiger partial charge in [-0.05, 0) is 25.0 Å². The lowest BCUT2D eigenvalue weighted by molar-refractivity contribution is -0.140. The summed E-state index contributed by atoms with van der Waals surface area (Å²) in [5.41, 5.74) is 3.24. The van der Waals surface area contributed by atoms with E-state index in [2.05, 4.69) is 11.9 Å². The highest BCUT2D eigenvalue weighted by Crippen LogP contribution is 2.18. The van der Waals surface area contributed by atoms with Gasteiger partial charge in [0.05, 0.1) is 0 Å². The molecular weight excluding hydrogens is 202 g/mol. The van der Waals surface area contributed by atoms with Gasteiger partial charge in [-0.25, -0.2) is 0 Å². The number of hydrogen-bond acceptors (Lipinski definition) is 3.